The number of hydrogen-bond acceptors (Lipinski definition) is 7. The number of fused-ring (bicyclic) bond motifs is 1. The first-order valence-electron chi connectivity index (χ1n) is 15.1. The van der Waals surface area contributed by atoms with Crippen molar-refractivity contribution in [1.82, 2.24) is 10.6 Å². The molecule has 1 heterocycles. The Labute approximate surface area is 251 Å². The van der Waals surface area contributed by atoms with E-state index in [2.05, 4.69) is 40.2 Å². The highest BCUT2D eigenvalue weighted by Gasteiger charge is 2.29. The summed E-state index contributed by atoms with van der Waals surface area (Å²) in [6.45, 7) is 3.52. The molecule has 8 nitrogen and oxygen atoms in total. The average molecular weight is 593 g/mol. The summed E-state index contributed by atoms with van der Waals surface area (Å²) in [5.41, 5.74) is 5.53. The number of benzene rings is 3. The summed E-state index contributed by atoms with van der Waals surface area (Å²) in [7, 11) is -2.94. The number of nitrogens with zero attached hydrogens (tertiary/aromatic N) is 1. The van der Waals surface area contributed by atoms with Crippen LogP contribution < -0.4 is 20.3 Å². The predicted molar refractivity (Wildman–Crippen MR) is 173 cm³/mol. The van der Waals surface area contributed by atoms with Crippen molar-refractivity contribution >= 4 is 28.1 Å². The lowest BCUT2D eigenvalue weighted by Gasteiger charge is -2.47. The van der Waals surface area contributed by atoms with Crippen LogP contribution in [0.25, 0.3) is 0 Å². The summed E-state index contributed by atoms with van der Waals surface area (Å²) < 4.78 is 23.1. The zero-order valence-electron chi connectivity index (χ0n) is 24.3. The fraction of sp³-hybridized carbons (Fsp3) is 0.424. The molecule has 6 N–H and O–H groups in total. The number of carbonyl (C=O) groups is 1. The van der Waals surface area contributed by atoms with Gasteiger partial charge in [-0.1, -0.05) is 54.6 Å². The number of hydrogen-bond donors (Lipinski definition) is 6. The minimum Gasteiger partial charge on any atom is -0.390 e. The molecule has 2 aliphatic rings. The zero-order valence-corrected chi connectivity index (χ0v) is 25.2. The molecule has 3 atom stereocenters. The van der Waals surface area contributed by atoms with Crippen LogP contribution in [0.2, 0.25) is 0 Å². The molecule has 9 heteroatoms. The molecule has 3 aromatic carbocycles. The van der Waals surface area contributed by atoms with E-state index in [1.165, 1.54) is 11.1 Å². The van der Waals surface area contributed by atoms with E-state index in [0.717, 1.165) is 43.4 Å². The second-order valence-electron chi connectivity index (χ2n) is 11.4. The van der Waals surface area contributed by atoms with Crippen molar-refractivity contribution in [3.05, 3.63) is 95.1 Å². The summed E-state index contributed by atoms with van der Waals surface area (Å²) in [6, 6.07) is 23.5. The smallest absolute Gasteiger partial charge is 0.251 e. The maximum absolute atomic E-state index is 13.7. The van der Waals surface area contributed by atoms with Crippen molar-refractivity contribution in [3.8, 4) is 0 Å². The van der Waals surface area contributed by atoms with Gasteiger partial charge in [0.1, 0.15) is 0 Å². The number of aliphatic hydroxyl groups is 1. The van der Waals surface area contributed by atoms with E-state index >= 15 is 0 Å². The molecule has 0 spiro atoms. The first-order valence-corrected chi connectivity index (χ1v) is 16.7. The van der Waals surface area contributed by atoms with Gasteiger partial charge in [-0.2, -0.15) is 0 Å². The highest BCUT2D eigenvalue weighted by Crippen LogP contribution is 2.50. The molecule has 3 unspecified atom stereocenters. The molecular weight excluding hydrogens is 548 g/mol. The van der Waals surface area contributed by atoms with Gasteiger partial charge in [0.05, 0.1) is 23.6 Å². The molecule has 5 rings (SSSR count). The number of rotatable bonds is 11. The molecule has 42 heavy (non-hydrogen) atoms. The molecule has 3 aromatic rings. The van der Waals surface area contributed by atoms with Gasteiger partial charge in [-0.3, -0.25) is 18.2 Å². The van der Waals surface area contributed by atoms with Gasteiger partial charge in [0, 0.05) is 36.9 Å². The van der Waals surface area contributed by atoms with Crippen LogP contribution >= 0.6 is 10.8 Å². The van der Waals surface area contributed by atoms with Crippen molar-refractivity contribution < 1.29 is 19.0 Å². The van der Waals surface area contributed by atoms with Gasteiger partial charge >= 0.3 is 0 Å². The first kappa shape index (κ1) is 30.4. The minimum absolute atomic E-state index is 0.270. The standard InChI is InChI=1S/C33H44N4O4S/c1-2-34-29-20-27(21-30(22-29)37-16-8-9-17-42(37,40)41)33(39)36-31(18-24-10-4-3-5-11-24)32(38)23-35-28-15-14-25-12-6-7-13-26(25)19-28/h3-7,10-13,20-22,28,31-32,34-35,38,40-41H,2,8-9,14-19,23H2,1H3,(H,36,39). The van der Waals surface area contributed by atoms with Crippen LogP contribution in [-0.4, -0.2) is 63.7 Å². The van der Waals surface area contributed by atoms with E-state index in [4.69, 9.17) is 0 Å². The number of aliphatic hydroxyl groups excluding tert-OH is 1. The van der Waals surface area contributed by atoms with E-state index in [-0.39, 0.29) is 11.9 Å². The molecule has 0 aromatic heterocycles. The van der Waals surface area contributed by atoms with E-state index in [1.54, 1.807) is 16.4 Å². The topological polar surface area (TPSA) is 117 Å². The molecule has 226 valence electrons. The third-order valence-corrected chi connectivity index (χ3v) is 10.2. The van der Waals surface area contributed by atoms with Gasteiger partial charge in [-0.15, -0.1) is 10.8 Å². The van der Waals surface area contributed by atoms with Gasteiger partial charge in [-0.25, -0.2) is 0 Å². The Bertz CT molecular complexity index is 1340. The molecule has 1 fully saturated rings. The van der Waals surface area contributed by atoms with Crippen LogP contribution in [0.15, 0.2) is 72.8 Å². The Balaban J connectivity index is 1.32. The van der Waals surface area contributed by atoms with E-state index in [9.17, 15) is 19.0 Å². The third kappa shape index (κ3) is 7.65. The van der Waals surface area contributed by atoms with E-state index in [1.807, 2.05) is 43.3 Å². The molecule has 1 saturated heterocycles. The normalized spacial score (nSPS) is 20.2. The lowest BCUT2D eigenvalue weighted by Crippen LogP contribution is -2.50. The van der Waals surface area contributed by atoms with E-state index in [0.29, 0.717) is 43.1 Å². The maximum atomic E-state index is 13.7. The monoisotopic (exact) mass is 592 g/mol. The van der Waals surface area contributed by atoms with Crippen LogP contribution in [0.4, 0.5) is 11.4 Å². The molecule has 0 saturated carbocycles. The molecule has 0 bridgehead atoms. The highest BCUT2D eigenvalue weighted by atomic mass is 32.3. The Morgan fingerprint density at radius 2 is 1.79 bits per heavy atom. The zero-order chi connectivity index (χ0) is 29.5. The van der Waals surface area contributed by atoms with Crippen molar-refractivity contribution in [2.24, 2.45) is 0 Å². The molecular formula is C33H44N4O4S. The second kappa shape index (κ2) is 13.9. The third-order valence-electron chi connectivity index (χ3n) is 8.27. The fourth-order valence-electron chi connectivity index (χ4n) is 6.00. The fourth-order valence-corrected chi connectivity index (χ4v) is 7.68. The Kier molecular flexibility index (Phi) is 10.1. The summed E-state index contributed by atoms with van der Waals surface area (Å²) in [5.74, 6) is 0.0151. The van der Waals surface area contributed by atoms with Crippen LogP contribution in [0.1, 0.15) is 53.2 Å². The number of carbonyl (C=O) groups excluding carboxylic acids is 1. The summed E-state index contributed by atoms with van der Waals surface area (Å²) in [4.78, 5) is 13.7. The quantitative estimate of drug-likeness (QED) is 0.181. The molecule has 1 aliphatic heterocycles. The number of anilines is 2. The molecule has 0 radical (unpaired) electrons. The van der Waals surface area contributed by atoms with Gasteiger partial charge in [0.25, 0.3) is 5.91 Å². The van der Waals surface area contributed by atoms with Gasteiger partial charge in [-0.05, 0) is 80.3 Å². The largest absolute Gasteiger partial charge is 0.390 e. The minimum atomic E-state index is -2.94. The van der Waals surface area contributed by atoms with Crippen molar-refractivity contribution in [1.29, 1.82) is 0 Å². The van der Waals surface area contributed by atoms with Gasteiger partial charge < -0.3 is 21.1 Å². The summed E-state index contributed by atoms with van der Waals surface area (Å²) in [5, 5.41) is 21.3. The average Bonchev–Trinajstić information content (AvgIpc) is 2.99. The predicted octanol–water partition coefficient (Wildman–Crippen LogP) is 5.23. The lowest BCUT2D eigenvalue weighted by molar-refractivity contribution is 0.0823. The number of amides is 1. The summed E-state index contributed by atoms with van der Waals surface area (Å²) >= 11 is 0. The van der Waals surface area contributed by atoms with E-state index < -0.39 is 22.9 Å². The van der Waals surface area contributed by atoms with Crippen LogP contribution in [-0.2, 0) is 19.3 Å². The second-order valence-corrected chi connectivity index (χ2v) is 13.5. The van der Waals surface area contributed by atoms with Crippen LogP contribution in [0.3, 0.4) is 0 Å². The Hall–Kier alpha value is -3.08. The number of aryl methyl sites for hydroxylation is 1. The van der Waals surface area contributed by atoms with Gasteiger partial charge in [0.2, 0.25) is 0 Å². The Morgan fingerprint density at radius 1 is 1.02 bits per heavy atom. The van der Waals surface area contributed by atoms with Crippen LogP contribution in [0.5, 0.6) is 0 Å². The summed E-state index contributed by atoms with van der Waals surface area (Å²) in [6.07, 6.45) is 4.24. The van der Waals surface area contributed by atoms with Crippen molar-refractivity contribution in [2.45, 2.75) is 63.6 Å². The Morgan fingerprint density at radius 3 is 2.55 bits per heavy atom. The molecule has 1 amide bonds. The lowest BCUT2D eigenvalue weighted by atomic mass is 9.88. The van der Waals surface area contributed by atoms with Crippen molar-refractivity contribution in [2.75, 3.05) is 35.0 Å². The van der Waals surface area contributed by atoms with Crippen molar-refractivity contribution in [3.63, 3.8) is 0 Å². The number of nitrogens with one attached hydrogen (secondary N) is 3. The maximum Gasteiger partial charge on any atom is 0.251 e. The highest BCUT2D eigenvalue weighted by molar-refractivity contribution is 8.25. The SMILES string of the molecule is CCNc1cc(C(=O)NC(Cc2ccccc2)C(O)CNC2CCc3ccccc3C2)cc(N2CCCCS2(O)O)c1. The molecule has 1 aliphatic carbocycles. The van der Waals surface area contributed by atoms with Crippen LogP contribution in [0, 0.1) is 0 Å². The van der Waals surface area contributed by atoms with Gasteiger partial charge in [0.15, 0.2) is 0 Å². The first-order chi connectivity index (χ1) is 20.3.